The summed E-state index contributed by atoms with van der Waals surface area (Å²) in [6.45, 7) is 1.66. The van der Waals surface area contributed by atoms with Crippen LogP contribution in [0.1, 0.15) is 24.1 Å². The number of hydrogen-bond acceptors (Lipinski definition) is 2. The van der Waals surface area contributed by atoms with Crippen molar-refractivity contribution in [3.05, 3.63) is 35.5 Å². The Morgan fingerprint density at radius 2 is 1.94 bits per heavy atom. The third-order valence-corrected chi connectivity index (χ3v) is 4.12. The molecule has 1 aromatic heterocycles. The van der Waals surface area contributed by atoms with E-state index < -0.39 is 0 Å². The zero-order valence-electron chi connectivity index (χ0n) is 10.4. The number of H-pyrrole nitrogens is 1. The van der Waals surface area contributed by atoms with Gasteiger partial charge in [0.2, 0.25) is 0 Å². The van der Waals surface area contributed by atoms with E-state index in [9.17, 15) is 0 Å². The van der Waals surface area contributed by atoms with Gasteiger partial charge >= 0.3 is 0 Å². The first-order valence-corrected chi connectivity index (χ1v) is 6.73. The van der Waals surface area contributed by atoms with Crippen molar-refractivity contribution in [3.63, 3.8) is 0 Å². The Labute approximate surface area is 106 Å². The van der Waals surface area contributed by atoms with Crippen molar-refractivity contribution < 1.29 is 9.47 Å². The molecule has 2 aliphatic rings. The van der Waals surface area contributed by atoms with Gasteiger partial charge in [0.25, 0.3) is 0 Å². The van der Waals surface area contributed by atoms with Gasteiger partial charge in [0.1, 0.15) is 0 Å². The number of rotatable bonds is 0. The summed E-state index contributed by atoms with van der Waals surface area (Å²) in [6, 6.07) is 8.50. The highest BCUT2D eigenvalue weighted by molar-refractivity contribution is 5.85. The van der Waals surface area contributed by atoms with E-state index in [1.165, 1.54) is 22.2 Å². The molecule has 0 bridgehead atoms. The van der Waals surface area contributed by atoms with E-state index in [2.05, 4.69) is 29.2 Å². The Kier molecular flexibility index (Phi) is 2.26. The van der Waals surface area contributed by atoms with Gasteiger partial charge in [-0.05, 0) is 24.5 Å². The Bertz CT molecular complexity index is 581. The van der Waals surface area contributed by atoms with E-state index in [0.29, 0.717) is 0 Å². The largest absolute Gasteiger partial charge is 0.358 e. The van der Waals surface area contributed by atoms with Gasteiger partial charge in [0.15, 0.2) is 5.79 Å². The topological polar surface area (TPSA) is 34.2 Å². The molecule has 0 radical (unpaired) electrons. The van der Waals surface area contributed by atoms with Crippen LogP contribution in [0.25, 0.3) is 10.9 Å². The minimum absolute atomic E-state index is 0.351. The fourth-order valence-corrected chi connectivity index (χ4v) is 3.21. The number of nitrogens with one attached hydrogen (secondary N) is 1. The highest BCUT2D eigenvalue weighted by atomic mass is 16.7. The molecule has 1 aromatic carbocycles. The molecule has 94 valence electrons. The average Bonchev–Trinajstić information content (AvgIpc) is 2.78. The van der Waals surface area contributed by atoms with E-state index in [4.69, 9.17) is 9.47 Å². The Hall–Kier alpha value is -1.32. The number of hydrogen-bond donors (Lipinski definition) is 1. The molecule has 4 rings (SSSR count). The quantitative estimate of drug-likeness (QED) is 0.772. The molecule has 3 nitrogen and oxygen atoms in total. The lowest BCUT2D eigenvalue weighted by molar-refractivity contribution is -0.271. The zero-order valence-corrected chi connectivity index (χ0v) is 10.4. The van der Waals surface area contributed by atoms with E-state index in [1.54, 1.807) is 0 Å². The van der Waals surface area contributed by atoms with Crippen LogP contribution in [-0.4, -0.2) is 24.0 Å². The van der Waals surface area contributed by atoms with Crippen molar-refractivity contribution in [2.75, 3.05) is 13.2 Å². The van der Waals surface area contributed by atoms with E-state index >= 15 is 0 Å². The molecule has 2 aromatic rings. The predicted molar refractivity (Wildman–Crippen MR) is 69.6 cm³/mol. The molecule has 1 aliphatic carbocycles. The van der Waals surface area contributed by atoms with Gasteiger partial charge in [-0.2, -0.15) is 0 Å². The maximum Gasteiger partial charge on any atom is 0.172 e. The number of fused-ring (bicyclic) bond motifs is 3. The number of aryl methyl sites for hydroxylation is 1. The second kappa shape index (κ2) is 3.84. The second-order valence-corrected chi connectivity index (χ2v) is 5.27. The molecule has 3 heteroatoms. The minimum atomic E-state index is -0.351. The lowest BCUT2D eigenvalue weighted by Gasteiger charge is -2.39. The zero-order chi connectivity index (χ0) is 12.0. The average molecular weight is 243 g/mol. The van der Waals surface area contributed by atoms with Crippen LogP contribution >= 0.6 is 0 Å². The number of benzene rings is 1. The molecule has 0 atom stereocenters. The van der Waals surface area contributed by atoms with Crippen molar-refractivity contribution in [2.45, 2.75) is 31.5 Å². The Morgan fingerprint density at radius 3 is 2.83 bits per heavy atom. The second-order valence-electron chi connectivity index (χ2n) is 5.27. The first kappa shape index (κ1) is 10.6. The molecule has 18 heavy (non-hydrogen) atoms. The van der Waals surface area contributed by atoms with Gasteiger partial charge in [-0.25, -0.2) is 0 Å². The van der Waals surface area contributed by atoms with Crippen molar-refractivity contribution in [2.24, 2.45) is 0 Å². The summed E-state index contributed by atoms with van der Waals surface area (Å²) >= 11 is 0. The molecular formula is C15H17NO2. The van der Waals surface area contributed by atoms with Gasteiger partial charge in [-0.15, -0.1) is 0 Å². The summed E-state index contributed by atoms with van der Waals surface area (Å²) in [7, 11) is 0. The molecule has 0 unspecified atom stereocenters. The molecule has 1 saturated heterocycles. The SMILES string of the molecule is c1ccc2c3c([nH]c2c1)CCC1(C3)OCCCO1. The number of aromatic amines is 1. The van der Waals surface area contributed by atoms with E-state index in [-0.39, 0.29) is 5.79 Å². The lowest BCUT2D eigenvalue weighted by Crippen LogP contribution is -2.45. The number of ether oxygens (including phenoxy) is 2. The van der Waals surface area contributed by atoms with Crippen molar-refractivity contribution >= 4 is 10.9 Å². The summed E-state index contributed by atoms with van der Waals surface area (Å²) in [5, 5.41) is 1.32. The number of para-hydroxylation sites is 1. The van der Waals surface area contributed by atoms with E-state index in [1.807, 2.05) is 0 Å². The normalized spacial score (nSPS) is 22.2. The van der Waals surface area contributed by atoms with E-state index in [0.717, 1.165) is 38.9 Å². The summed E-state index contributed by atoms with van der Waals surface area (Å²) in [4.78, 5) is 3.53. The molecule has 0 amide bonds. The van der Waals surface area contributed by atoms with Gasteiger partial charge in [-0.1, -0.05) is 18.2 Å². The monoisotopic (exact) mass is 243 g/mol. The number of aromatic nitrogens is 1. The highest BCUT2D eigenvalue weighted by Crippen LogP contribution is 2.37. The van der Waals surface area contributed by atoms with Crippen LogP contribution in [0.4, 0.5) is 0 Å². The maximum atomic E-state index is 5.95. The van der Waals surface area contributed by atoms with Gasteiger partial charge in [0, 0.05) is 29.4 Å². The van der Waals surface area contributed by atoms with Crippen LogP contribution in [0.3, 0.4) is 0 Å². The summed E-state index contributed by atoms with van der Waals surface area (Å²) in [5.41, 5.74) is 3.98. The highest BCUT2D eigenvalue weighted by Gasteiger charge is 2.39. The first-order valence-electron chi connectivity index (χ1n) is 6.73. The van der Waals surface area contributed by atoms with Crippen LogP contribution in [0.2, 0.25) is 0 Å². The molecule has 2 heterocycles. The lowest BCUT2D eigenvalue weighted by atomic mass is 9.90. The van der Waals surface area contributed by atoms with Gasteiger partial charge < -0.3 is 14.5 Å². The summed E-state index contributed by atoms with van der Waals surface area (Å²) in [5.74, 6) is -0.351. The third kappa shape index (κ3) is 1.51. The molecule has 1 fully saturated rings. The standard InChI is InChI=1S/C15H17NO2/c1-2-5-13-11(4-1)12-10-15(7-6-14(12)16-13)17-8-3-9-18-15/h1-2,4-5,16H,3,6-10H2. The van der Waals surface area contributed by atoms with Crippen molar-refractivity contribution in [1.82, 2.24) is 4.98 Å². The molecule has 0 saturated carbocycles. The van der Waals surface area contributed by atoms with Crippen LogP contribution in [0.5, 0.6) is 0 Å². The van der Waals surface area contributed by atoms with Crippen LogP contribution in [0, 0.1) is 0 Å². The molecular weight excluding hydrogens is 226 g/mol. The van der Waals surface area contributed by atoms with Crippen LogP contribution < -0.4 is 0 Å². The van der Waals surface area contributed by atoms with Crippen LogP contribution in [-0.2, 0) is 22.3 Å². The van der Waals surface area contributed by atoms with Gasteiger partial charge in [-0.3, -0.25) is 0 Å². The maximum absolute atomic E-state index is 5.95. The fourth-order valence-electron chi connectivity index (χ4n) is 3.21. The first-order chi connectivity index (χ1) is 8.86. The van der Waals surface area contributed by atoms with Crippen LogP contribution in [0.15, 0.2) is 24.3 Å². The van der Waals surface area contributed by atoms with Crippen molar-refractivity contribution in [1.29, 1.82) is 0 Å². The Morgan fingerprint density at radius 1 is 1.11 bits per heavy atom. The van der Waals surface area contributed by atoms with Gasteiger partial charge in [0.05, 0.1) is 13.2 Å². The smallest absolute Gasteiger partial charge is 0.172 e. The minimum Gasteiger partial charge on any atom is -0.358 e. The predicted octanol–water partition coefficient (Wildman–Crippen LogP) is 2.79. The summed E-state index contributed by atoms with van der Waals surface area (Å²) in [6.07, 6.45) is 3.88. The van der Waals surface area contributed by atoms with Crippen molar-refractivity contribution in [3.8, 4) is 0 Å². The Balaban J connectivity index is 1.79. The third-order valence-electron chi connectivity index (χ3n) is 4.12. The molecule has 1 N–H and O–H groups in total. The molecule has 1 spiro atoms. The molecule has 1 aliphatic heterocycles. The summed E-state index contributed by atoms with van der Waals surface area (Å²) < 4.78 is 11.9. The fraction of sp³-hybridized carbons (Fsp3) is 0.467.